The van der Waals surface area contributed by atoms with Crippen molar-refractivity contribution in [3.05, 3.63) is 59.9 Å². The van der Waals surface area contributed by atoms with Gasteiger partial charge in [0.25, 0.3) is 5.91 Å². The highest BCUT2D eigenvalue weighted by molar-refractivity contribution is 5.99. The van der Waals surface area contributed by atoms with Crippen LogP contribution in [0.3, 0.4) is 0 Å². The summed E-state index contributed by atoms with van der Waals surface area (Å²) in [5, 5.41) is 4.35. The van der Waals surface area contributed by atoms with Gasteiger partial charge in [0.1, 0.15) is 5.75 Å². The van der Waals surface area contributed by atoms with Crippen molar-refractivity contribution in [1.29, 1.82) is 0 Å². The molecule has 1 aliphatic carbocycles. The zero-order valence-electron chi connectivity index (χ0n) is 13.0. The van der Waals surface area contributed by atoms with Gasteiger partial charge in [0.15, 0.2) is 0 Å². The number of ether oxygens (including phenoxy) is 1. The molecule has 0 spiro atoms. The second kappa shape index (κ2) is 7.05. The van der Waals surface area contributed by atoms with Crippen molar-refractivity contribution in [2.45, 2.75) is 25.2 Å². The molecule has 1 heterocycles. The molecule has 1 amide bonds. The first-order valence-corrected chi connectivity index (χ1v) is 7.70. The highest BCUT2D eigenvalue weighted by Gasteiger charge is 2.25. The van der Waals surface area contributed by atoms with Crippen LogP contribution in [0.2, 0.25) is 0 Å². The summed E-state index contributed by atoms with van der Waals surface area (Å²) in [6, 6.07) is 13.0. The van der Waals surface area contributed by atoms with E-state index in [9.17, 15) is 4.79 Å². The van der Waals surface area contributed by atoms with E-state index in [-0.39, 0.29) is 11.8 Å². The molecule has 1 aliphatic rings. The maximum Gasteiger partial charge on any atom is 0.275 e. The first-order valence-electron chi connectivity index (χ1n) is 7.70. The van der Waals surface area contributed by atoms with Crippen molar-refractivity contribution in [2.24, 2.45) is 5.10 Å². The first-order chi connectivity index (χ1) is 11.3. The minimum atomic E-state index is -0.262. The number of para-hydroxylation sites is 1. The van der Waals surface area contributed by atoms with Crippen LogP contribution in [0.1, 0.15) is 41.2 Å². The van der Waals surface area contributed by atoms with Gasteiger partial charge in [0.2, 0.25) is 0 Å². The Bertz CT molecular complexity index is 713. The van der Waals surface area contributed by atoms with Crippen molar-refractivity contribution in [2.75, 3.05) is 7.11 Å². The van der Waals surface area contributed by atoms with Crippen LogP contribution in [0.4, 0.5) is 0 Å². The zero-order valence-corrected chi connectivity index (χ0v) is 13.0. The number of carbonyl (C=O) groups is 1. The van der Waals surface area contributed by atoms with E-state index in [0.29, 0.717) is 11.3 Å². The number of methoxy groups -OCH3 is 1. The molecule has 2 aromatic rings. The lowest BCUT2D eigenvalue weighted by molar-refractivity contribution is 0.0951. The number of aromatic nitrogens is 1. The first kappa shape index (κ1) is 15.2. The number of hydrazone groups is 1. The summed E-state index contributed by atoms with van der Waals surface area (Å²) in [5.74, 6) is 0.466. The van der Waals surface area contributed by atoms with Gasteiger partial charge in [-0.2, -0.15) is 5.10 Å². The standard InChI is InChI=1S/C18H19N3O2/c1-23-17-11-3-2-7-14(17)18(22)21-20-16-10-6-8-13(16)15-9-4-5-12-19-15/h2-5,7,9,11-13H,6,8,10H2,1H3,(H,21,22)/b20-16+. The van der Waals surface area contributed by atoms with E-state index < -0.39 is 0 Å². The Kier molecular flexibility index (Phi) is 4.66. The third kappa shape index (κ3) is 3.39. The molecule has 1 fully saturated rings. The molecule has 23 heavy (non-hydrogen) atoms. The summed E-state index contributed by atoms with van der Waals surface area (Å²) in [6.45, 7) is 0. The highest BCUT2D eigenvalue weighted by atomic mass is 16.5. The molecular weight excluding hydrogens is 290 g/mol. The van der Waals surface area contributed by atoms with E-state index in [1.54, 1.807) is 31.5 Å². The number of hydrogen-bond acceptors (Lipinski definition) is 4. The number of nitrogens with zero attached hydrogens (tertiary/aromatic N) is 2. The second-order valence-electron chi connectivity index (χ2n) is 5.44. The van der Waals surface area contributed by atoms with E-state index in [2.05, 4.69) is 15.5 Å². The lowest BCUT2D eigenvalue weighted by atomic mass is 10.0. The Morgan fingerprint density at radius 2 is 2.09 bits per heavy atom. The fourth-order valence-electron chi connectivity index (χ4n) is 2.88. The lowest BCUT2D eigenvalue weighted by Crippen LogP contribution is -2.21. The van der Waals surface area contributed by atoms with Gasteiger partial charge in [-0.15, -0.1) is 0 Å². The number of nitrogens with one attached hydrogen (secondary N) is 1. The van der Waals surface area contributed by atoms with Gasteiger partial charge in [-0.1, -0.05) is 18.2 Å². The van der Waals surface area contributed by atoms with E-state index in [4.69, 9.17) is 4.74 Å². The number of hydrogen-bond donors (Lipinski definition) is 1. The normalized spacial score (nSPS) is 18.8. The Hall–Kier alpha value is -2.69. The second-order valence-corrected chi connectivity index (χ2v) is 5.44. The van der Waals surface area contributed by atoms with E-state index in [1.807, 2.05) is 24.3 Å². The van der Waals surface area contributed by atoms with Crippen molar-refractivity contribution in [1.82, 2.24) is 10.4 Å². The minimum Gasteiger partial charge on any atom is -0.496 e. The summed E-state index contributed by atoms with van der Waals surface area (Å²) in [7, 11) is 1.55. The predicted octanol–water partition coefficient (Wildman–Crippen LogP) is 3.14. The molecule has 1 saturated carbocycles. The van der Waals surface area contributed by atoms with Gasteiger partial charge in [0, 0.05) is 23.5 Å². The minimum absolute atomic E-state index is 0.189. The molecule has 1 unspecified atom stereocenters. The fraction of sp³-hybridized carbons (Fsp3) is 0.278. The molecule has 5 heteroatoms. The molecule has 5 nitrogen and oxygen atoms in total. The maximum atomic E-state index is 12.3. The van der Waals surface area contributed by atoms with Crippen LogP contribution < -0.4 is 10.2 Å². The van der Waals surface area contributed by atoms with Crippen LogP contribution in [0.15, 0.2) is 53.8 Å². The Morgan fingerprint density at radius 1 is 1.26 bits per heavy atom. The van der Waals surface area contributed by atoms with Crippen molar-refractivity contribution in [3.8, 4) is 5.75 Å². The monoisotopic (exact) mass is 309 g/mol. The maximum absolute atomic E-state index is 12.3. The van der Waals surface area contributed by atoms with E-state index in [1.165, 1.54) is 0 Å². The number of amides is 1. The average Bonchev–Trinajstić information content (AvgIpc) is 3.09. The van der Waals surface area contributed by atoms with Crippen molar-refractivity contribution in [3.63, 3.8) is 0 Å². The van der Waals surface area contributed by atoms with E-state index in [0.717, 1.165) is 30.7 Å². The number of pyridine rings is 1. The van der Waals surface area contributed by atoms with Crippen LogP contribution in [-0.4, -0.2) is 23.7 Å². The molecule has 118 valence electrons. The highest BCUT2D eigenvalue weighted by Crippen LogP contribution is 2.30. The summed E-state index contributed by atoms with van der Waals surface area (Å²) in [4.78, 5) is 16.7. The number of rotatable bonds is 4. The summed E-state index contributed by atoms with van der Waals surface area (Å²) >= 11 is 0. The van der Waals surface area contributed by atoms with Crippen molar-refractivity contribution < 1.29 is 9.53 Å². The van der Waals surface area contributed by atoms with Crippen LogP contribution >= 0.6 is 0 Å². The van der Waals surface area contributed by atoms with Crippen LogP contribution in [0, 0.1) is 0 Å². The van der Waals surface area contributed by atoms with Gasteiger partial charge >= 0.3 is 0 Å². The third-order valence-electron chi connectivity index (χ3n) is 4.03. The molecule has 0 aliphatic heterocycles. The van der Waals surface area contributed by atoms with Gasteiger partial charge in [-0.05, 0) is 43.5 Å². The average molecular weight is 309 g/mol. The van der Waals surface area contributed by atoms with Crippen LogP contribution in [-0.2, 0) is 0 Å². The Morgan fingerprint density at radius 3 is 2.87 bits per heavy atom. The molecule has 1 aromatic heterocycles. The molecule has 3 rings (SSSR count). The Balaban J connectivity index is 1.75. The molecular formula is C18H19N3O2. The SMILES string of the molecule is COc1ccccc1C(=O)N/N=C1\CCCC1c1ccccn1. The zero-order chi connectivity index (χ0) is 16.1. The van der Waals surface area contributed by atoms with Gasteiger partial charge < -0.3 is 4.74 Å². The molecule has 0 saturated heterocycles. The van der Waals surface area contributed by atoms with Gasteiger partial charge in [0.05, 0.1) is 12.7 Å². The van der Waals surface area contributed by atoms with E-state index >= 15 is 0 Å². The fourth-order valence-corrected chi connectivity index (χ4v) is 2.88. The molecule has 1 aromatic carbocycles. The molecule has 1 atom stereocenters. The summed E-state index contributed by atoms with van der Waals surface area (Å²) in [5.41, 5.74) is 5.12. The van der Waals surface area contributed by atoms with Gasteiger partial charge in [-0.3, -0.25) is 9.78 Å². The summed E-state index contributed by atoms with van der Waals surface area (Å²) < 4.78 is 5.21. The molecule has 1 N–H and O–H groups in total. The lowest BCUT2D eigenvalue weighted by Gasteiger charge is -2.11. The number of carbonyl (C=O) groups excluding carboxylic acids is 1. The quantitative estimate of drug-likeness (QED) is 0.882. The van der Waals surface area contributed by atoms with Gasteiger partial charge in [-0.25, -0.2) is 5.43 Å². The third-order valence-corrected chi connectivity index (χ3v) is 4.03. The Labute approximate surface area is 135 Å². The van der Waals surface area contributed by atoms with Crippen molar-refractivity contribution >= 4 is 11.6 Å². The largest absolute Gasteiger partial charge is 0.496 e. The topological polar surface area (TPSA) is 63.6 Å². The smallest absolute Gasteiger partial charge is 0.275 e. The van der Waals surface area contributed by atoms with Crippen LogP contribution in [0.5, 0.6) is 5.75 Å². The predicted molar refractivity (Wildman–Crippen MR) is 88.7 cm³/mol. The number of benzene rings is 1. The summed E-state index contributed by atoms with van der Waals surface area (Å²) in [6.07, 6.45) is 4.75. The molecule has 0 radical (unpaired) electrons. The van der Waals surface area contributed by atoms with Crippen LogP contribution in [0.25, 0.3) is 0 Å². The molecule has 0 bridgehead atoms.